The number of nitrogens with one attached hydrogen (secondary N) is 3. The van der Waals surface area contributed by atoms with E-state index in [0.717, 1.165) is 0 Å². The van der Waals surface area contributed by atoms with E-state index in [0.29, 0.717) is 19.3 Å². The van der Waals surface area contributed by atoms with Crippen molar-refractivity contribution in [2.45, 2.75) is 93.9 Å². The Hall–Kier alpha value is -3.98. The summed E-state index contributed by atoms with van der Waals surface area (Å²) in [7, 11) is -3.91. The Morgan fingerprint density at radius 1 is 1.09 bits per heavy atom. The molecule has 4 amide bonds. The first-order chi connectivity index (χ1) is 22.2. The predicted molar refractivity (Wildman–Crippen MR) is 167 cm³/mol. The summed E-state index contributed by atoms with van der Waals surface area (Å²) in [6.45, 7) is 5.34. The molecule has 0 spiro atoms. The van der Waals surface area contributed by atoms with Gasteiger partial charge in [0.15, 0.2) is 0 Å². The Morgan fingerprint density at radius 3 is 2.49 bits per heavy atom. The monoisotopic (exact) mass is 674 g/mol. The third-order valence-corrected chi connectivity index (χ3v) is 10.3. The third-order valence-electron chi connectivity index (χ3n) is 8.45. The fourth-order valence-corrected chi connectivity index (χ4v) is 7.17. The van der Waals surface area contributed by atoms with E-state index in [-0.39, 0.29) is 44.6 Å². The standard InChI is InChI=1S/C32H42N4O10S/c1-31(2,3)46-30(41)33-24-12-8-16-44-15-7-11-21-18-32(21,29(40)35-47(42,43)23-13-14-23)34-26(37)25-17-22(19-36(25)27(24)38)45-28(39)20-9-5-4-6-10-20/h4-7,9-11,21-25H,8,12-19H2,1-3H3,(H,33,41)(H,34,37)(H,35,40)/b11-7-/t21?,22-,24-,25?,32?/m1/s1. The minimum Gasteiger partial charge on any atom is -0.457 e. The molecular formula is C32H42N4O10S. The molecule has 2 heterocycles. The second-order valence-electron chi connectivity index (χ2n) is 13.4. The largest absolute Gasteiger partial charge is 0.457 e. The Morgan fingerprint density at radius 2 is 1.81 bits per heavy atom. The van der Waals surface area contributed by atoms with Gasteiger partial charge < -0.3 is 29.7 Å². The quantitative estimate of drug-likeness (QED) is 0.295. The molecule has 256 valence electrons. The van der Waals surface area contributed by atoms with Crippen molar-refractivity contribution in [3.63, 3.8) is 0 Å². The summed E-state index contributed by atoms with van der Waals surface area (Å²) >= 11 is 0. The zero-order chi connectivity index (χ0) is 34.0. The fraction of sp³-hybridized carbons (Fsp3) is 0.594. The molecule has 2 aliphatic heterocycles. The van der Waals surface area contributed by atoms with E-state index >= 15 is 0 Å². The summed E-state index contributed by atoms with van der Waals surface area (Å²) < 4.78 is 44.2. The molecule has 0 aromatic heterocycles. The maximum atomic E-state index is 14.1. The smallest absolute Gasteiger partial charge is 0.408 e. The van der Waals surface area contributed by atoms with E-state index in [1.165, 1.54) is 4.90 Å². The van der Waals surface area contributed by atoms with Gasteiger partial charge in [-0.2, -0.15) is 0 Å². The van der Waals surface area contributed by atoms with E-state index in [4.69, 9.17) is 14.2 Å². The van der Waals surface area contributed by atoms with Crippen LogP contribution >= 0.6 is 0 Å². The maximum Gasteiger partial charge on any atom is 0.408 e. The molecule has 2 aliphatic carbocycles. The van der Waals surface area contributed by atoms with Gasteiger partial charge in [-0.1, -0.05) is 30.4 Å². The van der Waals surface area contributed by atoms with Crippen LogP contribution in [0, 0.1) is 5.92 Å². The molecule has 47 heavy (non-hydrogen) atoms. The van der Waals surface area contributed by atoms with Gasteiger partial charge in [0.05, 0.1) is 24.0 Å². The number of nitrogens with zero attached hydrogens (tertiary/aromatic N) is 1. The number of hydrogen-bond acceptors (Lipinski definition) is 10. The minimum absolute atomic E-state index is 0.0863. The van der Waals surface area contributed by atoms with Gasteiger partial charge in [0.25, 0.3) is 5.91 Å². The average molecular weight is 675 g/mol. The number of hydrogen-bond donors (Lipinski definition) is 3. The number of carbonyl (C=O) groups is 5. The van der Waals surface area contributed by atoms with Crippen LogP contribution in [-0.4, -0.2) is 97.4 Å². The summed E-state index contributed by atoms with van der Waals surface area (Å²) in [4.78, 5) is 68.5. The number of carbonyl (C=O) groups excluding carboxylic acids is 5. The van der Waals surface area contributed by atoms with Gasteiger partial charge >= 0.3 is 12.1 Å². The van der Waals surface area contributed by atoms with E-state index in [1.54, 1.807) is 63.3 Å². The number of esters is 1. The first kappa shape index (κ1) is 34.4. The van der Waals surface area contributed by atoms with E-state index in [1.807, 2.05) is 0 Å². The van der Waals surface area contributed by atoms with Crippen molar-refractivity contribution in [2.75, 3.05) is 19.8 Å². The van der Waals surface area contributed by atoms with E-state index < -0.39 is 80.3 Å². The van der Waals surface area contributed by atoms with Crippen molar-refractivity contribution in [2.24, 2.45) is 5.92 Å². The molecule has 4 aliphatic rings. The number of ether oxygens (including phenoxy) is 3. The molecule has 5 atom stereocenters. The molecule has 14 nitrogen and oxygen atoms in total. The number of amides is 4. The minimum atomic E-state index is -3.91. The van der Waals surface area contributed by atoms with Crippen LogP contribution in [0.4, 0.5) is 4.79 Å². The highest BCUT2D eigenvalue weighted by molar-refractivity contribution is 7.91. The average Bonchev–Trinajstić information content (AvgIpc) is 3.92. The lowest BCUT2D eigenvalue weighted by molar-refractivity contribution is -0.141. The van der Waals surface area contributed by atoms with Gasteiger partial charge in [-0.15, -0.1) is 0 Å². The van der Waals surface area contributed by atoms with Gasteiger partial charge in [0, 0.05) is 18.9 Å². The molecule has 3 unspecified atom stereocenters. The number of fused-ring (bicyclic) bond motifs is 2. The SMILES string of the molecule is CC(C)(C)OC(=O)N[C@@H]1CCCOC/C=C\C2CC2(C(=O)NS(=O)(=O)C2CC2)NC(=O)C2C[C@@H](OC(=O)c3ccccc3)CN2C1=O. The van der Waals surface area contributed by atoms with E-state index in [9.17, 15) is 32.4 Å². The molecule has 1 aromatic rings. The zero-order valence-corrected chi connectivity index (χ0v) is 27.5. The molecule has 3 N–H and O–H groups in total. The lowest BCUT2D eigenvalue weighted by atomic mass is 10.1. The van der Waals surface area contributed by atoms with Crippen LogP contribution in [0.1, 0.15) is 69.7 Å². The molecule has 1 saturated heterocycles. The van der Waals surface area contributed by atoms with Crippen molar-refractivity contribution in [1.29, 1.82) is 0 Å². The predicted octanol–water partition coefficient (Wildman–Crippen LogP) is 1.56. The molecule has 0 radical (unpaired) electrons. The summed E-state index contributed by atoms with van der Waals surface area (Å²) in [6.07, 6.45) is 3.18. The van der Waals surface area contributed by atoms with Crippen LogP contribution in [0.2, 0.25) is 0 Å². The molecule has 5 rings (SSSR count). The van der Waals surface area contributed by atoms with Crippen LogP contribution < -0.4 is 15.4 Å². The van der Waals surface area contributed by atoms with Gasteiger partial charge in [0.1, 0.15) is 29.3 Å². The van der Waals surface area contributed by atoms with Crippen LogP contribution in [0.5, 0.6) is 0 Å². The maximum absolute atomic E-state index is 14.1. The second-order valence-corrected chi connectivity index (χ2v) is 15.4. The third kappa shape index (κ3) is 8.49. The van der Waals surface area contributed by atoms with Crippen LogP contribution in [0.3, 0.4) is 0 Å². The number of rotatable bonds is 6. The summed E-state index contributed by atoms with van der Waals surface area (Å²) in [6, 6.07) is 5.95. The zero-order valence-electron chi connectivity index (χ0n) is 26.7. The second kappa shape index (κ2) is 13.6. The van der Waals surface area contributed by atoms with Crippen LogP contribution in [-0.2, 0) is 38.6 Å². The van der Waals surface area contributed by atoms with Gasteiger partial charge in [-0.25, -0.2) is 18.0 Å². The number of sulfonamides is 1. The van der Waals surface area contributed by atoms with Crippen molar-refractivity contribution >= 4 is 39.8 Å². The highest BCUT2D eigenvalue weighted by atomic mass is 32.2. The number of benzene rings is 1. The Balaban J connectivity index is 1.42. The van der Waals surface area contributed by atoms with Crippen LogP contribution in [0.25, 0.3) is 0 Å². The molecule has 2 saturated carbocycles. The van der Waals surface area contributed by atoms with Crippen molar-refractivity contribution in [3.05, 3.63) is 48.0 Å². The fourth-order valence-electron chi connectivity index (χ4n) is 5.80. The molecule has 15 heteroatoms. The van der Waals surface area contributed by atoms with E-state index in [2.05, 4.69) is 15.4 Å². The Bertz CT molecular complexity index is 1520. The lowest BCUT2D eigenvalue weighted by Crippen LogP contribution is -2.58. The molecule has 0 bridgehead atoms. The van der Waals surface area contributed by atoms with Crippen molar-refractivity contribution in [1.82, 2.24) is 20.3 Å². The first-order valence-corrected chi connectivity index (χ1v) is 17.4. The highest BCUT2D eigenvalue weighted by Crippen LogP contribution is 2.46. The summed E-state index contributed by atoms with van der Waals surface area (Å²) in [5.74, 6) is -3.34. The van der Waals surface area contributed by atoms with Gasteiger partial charge in [0.2, 0.25) is 21.8 Å². The summed E-state index contributed by atoms with van der Waals surface area (Å²) in [5.41, 5.74) is -2.12. The summed E-state index contributed by atoms with van der Waals surface area (Å²) in [5, 5.41) is 4.71. The van der Waals surface area contributed by atoms with Crippen molar-refractivity contribution < 1.29 is 46.6 Å². The normalized spacial score (nSPS) is 29.1. The Labute approximate surface area is 274 Å². The van der Waals surface area contributed by atoms with Gasteiger partial charge in [-0.3, -0.25) is 19.1 Å². The Kier molecular flexibility index (Phi) is 9.96. The molecular weight excluding hydrogens is 632 g/mol. The van der Waals surface area contributed by atoms with Crippen LogP contribution in [0.15, 0.2) is 42.5 Å². The topological polar surface area (TPSA) is 187 Å². The van der Waals surface area contributed by atoms with Gasteiger partial charge in [-0.05, 0) is 65.0 Å². The number of alkyl carbamates (subject to hydrolysis) is 1. The first-order valence-electron chi connectivity index (χ1n) is 15.9. The lowest BCUT2D eigenvalue weighted by Gasteiger charge is -2.30. The molecule has 3 fully saturated rings. The van der Waals surface area contributed by atoms with Crippen molar-refractivity contribution in [3.8, 4) is 0 Å². The highest BCUT2D eigenvalue weighted by Gasteiger charge is 2.62. The molecule has 1 aromatic carbocycles.